The predicted molar refractivity (Wildman–Crippen MR) is 74.0 cm³/mol. The molecule has 0 saturated heterocycles. The molecule has 0 aliphatic rings. The van der Waals surface area contributed by atoms with Crippen LogP contribution in [-0.4, -0.2) is 9.66 Å². The molecular weight excluding hydrogens is 280 g/mol. The molecule has 0 aliphatic carbocycles. The van der Waals surface area contributed by atoms with Gasteiger partial charge in [0.2, 0.25) is 0 Å². The molecular formula is C12H15BrN4. The SMILES string of the molecule is CCc1nc(-c2ccc(Br)c(C)c2)c(N)n1N. The Hall–Kier alpha value is -1.49. The number of halogens is 1. The molecule has 0 unspecified atom stereocenters. The molecule has 4 N–H and O–H groups in total. The quantitative estimate of drug-likeness (QED) is 0.836. The lowest BCUT2D eigenvalue weighted by Gasteiger charge is -2.03. The van der Waals surface area contributed by atoms with Crippen molar-refractivity contribution >= 4 is 21.7 Å². The molecule has 0 saturated carbocycles. The Morgan fingerprint density at radius 1 is 1.41 bits per heavy atom. The Bertz CT molecular complexity index is 560. The molecule has 0 amide bonds. The molecule has 90 valence electrons. The van der Waals surface area contributed by atoms with E-state index in [1.54, 1.807) is 0 Å². The van der Waals surface area contributed by atoms with Gasteiger partial charge in [-0.15, -0.1) is 0 Å². The summed E-state index contributed by atoms with van der Waals surface area (Å²) in [6.45, 7) is 4.03. The summed E-state index contributed by atoms with van der Waals surface area (Å²) >= 11 is 3.47. The fourth-order valence-corrected chi connectivity index (χ4v) is 1.99. The minimum atomic E-state index is 0.503. The highest BCUT2D eigenvalue weighted by atomic mass is 79.9. The third-order valence-electron chi connectivity index (χ3n) is 2.77. The average molecular weight is 295 g/mol. The topological polar surface area (TPSA) is 69.9 Å². The minimum absolute atomic E-state index is 0.503. The Balaban J connectivity index is 2.56. The van der Waals surface area contributed by atoms with Gasteiger partial charge in [-0.25, -0.2) is 9.66 Å². The summed E-state index contributed by atoms with van der Waals surface area (Å²) in [6.07, 6.45) is 0.760. The Morgan fingerprint density at radius 2 is 2.12 bits per heavy atom. The smallest absolute Gasteiger partial charge is 0.150 e. The number of imidazole rings is 1. The van der Waals surface area contributed by atoms with Crippen LogP contribution in [-0.2, 0) is 6.42 Å². The highest BCUT2D eigenvalue weighted by molar-refractivity contribution is 9.10. The van der Waals surface area contributed by atoms with Crippen molar-refractivity contribution in [3.8, 4) is 11.3 Å². The predicted octanol–water partition coefficient (Wildman–Crippen LogP) is 2.48. The number of nitrogens with two attached hydrogens (primary N) is 2. The first kappa shape index (κ1) is 12.0. The van der Waals surface area contributed by atoms with E-state index in [0.29, 0.717) is 5.82 Å². The summed E-state index contributed by atoms with van der Waals surface area (Å²) in [7, 11) is 0. The molecule has 17 heavy (non-hydrogen) atoms. The first-order valence-corrected chi connectivity index (χ1v) is 6.22. The largest absolute Gasteiger partial charge is 0.382 e. The number of benzene rings is 1. The lowest BCUT2D eigenvalue weighted by atomic mass is 10.1. The average Bonchev–Trinajstić information content (AvgIpc) is 2.60. The molecule has 2 aromatic rings. The molecule has 1 aromatic carbocycles. The van der Waals surface area contributed by atoms with E-state index in [4.69, 9.17) is 11.6 Å². The second-order valence-corrected chi connectivity index (χ2v) is 4.80. The van der Waals surface area contributed by atoms with Crippen LogP contribution in [0, 0.1) is 6.92 Å². The normalized spacial score (nSPS) is 10.8. The molecule has 2 rings (SSSR count). The van der Waals surface area contributed by atoms with E-state index in [9.17, 15) is 0 Å². The number of nitrogens with zero attached hydrogens (tertiary/aromatic N) is 2. The summed E-state index contributed by atoms with van der Waals surface area (Å²) in [5, 5.41) is 0. The minimum Gasteiger partial charge on any atom is -0.382 e. The highest BCUT2D eigenvalue weighted by Crippen LogP contribution is 2.28. The summed E-state index contributed by atoms with van der Waals surface area (Å²) in [5.74, 6) is 7.13. The molecule has 0 spiro atoms. The van der Waals surface area contributed by atoms with Crippen LogP contribution in [0.25, 0.3) is 11.3 Å². The second-order valence-electron chi connectivity index (χ2n) is 3.95. The highest BCUT2D eigenvalue weighted by Gasteiger charge is 2.13. The van der Waals surface area contributed by atoms with E-state index >= 15 is 0 Å². The summed E-state index contributed by atoms with van der Waals surface area (Å²) in [5.41, 5.74) is 8.85. The van der Waals surface area contributed by atoms with Crippen molar-refractivity contribution in [3.05, 3.63) is 34.1 Å². The number of hydrogen-bond donors (Lipinski definition) is 2. The molecule has 1 aromatic heterocycles. The van der Waals surface area contributed by atoms with Crippen molar-refractivity contribution in [2.45, 2.75) is 20.3 Å². The van der Waals surface area contributed by atoms with Crippen LogP contribution in [0.4, 0.5) is 5.82 Å². The Labute approximate surface area is 109 Å². The van der Waals surface area contributed by atoms with Crippen LogP contribution in [0.2, 0.25) is 0 Å². The number of hydrogen-bond acceptors (Lipinski definition) is 3. The summed E-state index contributed by atoms with van der Waals surface area (Å²) < 4.78 is 2.52. The van der Waals surface area contributed by atoms with E-state index in [0.717, 1.165) is 33.5 Å². The first-order valence-electron chi connectivity index (χ1n) is 5.43. The number of nitrogen functional groups attached to an aromatic ring is 2. The maximum absolute atomic E-state index is 5.96. The monoisotopic (exact) mass is 294 g/mol. The molecule has 0 aliphatic heterocycles. The Kier molecular flexibility index (Phi) is 3.11. The van der Waals surface area contributed by atoms with E-state index < -0.39 is 0 Å². The number of rotatable bonds is 2. The Morgan fingerprint density at radius 3 is 2.65 bits per heavy atom. The number of aryl methyl sites for hydroxylation is 2. The number of anilines is 1. The van der Waals surface area contributed by atoms with E-state index in [1.165, 1.54) is 4.68 Å². The van der Waals surface area contributed by atoms with Gasteiger partial charge in [0, 0.05) is 16.5 Å². The summed E-state index contributed by atoms with van der Waals surface area (Å²) in [4.78, 5) is 4.47. The summed E-state index contributed by atoms with van der Waals surface area (Å²) in [6, 6.07) is 6.02. The third-order valence-corrected chi connectivity index (χ3v) is 3.66. The standard InChI is InChI=1S/C12H15BrN4/c1-3-10-16-11(12(14)17(10)15)8-4-5-9(13)7(2)6-8/h4-6H,3,14-15H2,1-2H3. The van der Waals surface area contributed by atoms with Gasteiger partial charge in [-0.1, -0.05) is 28.9 Å². The fourth-order valence-electron chi connectivity index (χ4n) is 1.75. The fraction of sp³-hybridized carbons (Fsp3) is 0.250. The van der Waals surface area contributed by atoms with Crippen molar-refractivity contribution in [1.82, 2.24) is 9.66 Å². The second kappa shape index (κ2) is 4.41. The molecule has 0 fully saturated rings. The van der Waals surface area contributed by atoms with Gasteiger partial charge in [0.15, 0.2) is 5.82 Å². The van der Waals surface area contributed by atoms with Gasteiger partial charge in [0.1, 0.15) is 11.5 Å². The van der Waals surface area contributed by atoms with Crippen molar-refractivity contribution < 1.29 is 0 Å². The van der Waals surface area contributed by atoms with E-state index in [2.05, 4.69) is 20.9 Å². The van der Waals surface area contributed by atoms with Gasteiger partial charge in [-0.2, -0.15) is 0 Å². The molecule has 4 nitrogen and oxygen atoms in total. The van der Waals surface area contributed by atoms with Crippen molar-refractivity contribution in [1.29, 1.82) is 0 Å². The van der Waals surface area contributed by atoms with Crippen molar-refractivity contribution in [2.24, 2.45) is 0 Å². The first-order chi connectivity index (χ1) is 8.04. The molecule has 1 heterocycles. The van der Waals surface area contributed by atoms with Crippen LogP contribution < -0.4 is 11.6 Å². The third kappa shape index (κ3) is 2.02. The van der Waals surface area contributed by atoms with Crippen LogP contribution in [0.1, 0.15) is 18.3 Å². The van der Waals surface area contributed by atoms with Gasteiger partial charge in [-0.05, 0) is 24.6 Å². The van der Waals surface area contributed by atoms with Crippen molar-refractivity contribution in [3.63, 3.8) is 0 Å². The van der Waals surface area contributed by atoms with Gasteiger partial charge in [0.05, 0.1) is 0 Å². The maximum Gasteiger partial charge on any atom is 0.150 e. The lowest BCUT2D eigenvalue weighted by molar-refractivity contribution is 0.865. The van der Waals surface area contributed by atoms with E-state index in [1.807, 2.05) is 32.0 Å². The number of aromatic nitrogens is 2. The zero-order chi connectivity index (χ0) is 12.6. The van der Waals surface area contributed by atoms with Gasteiger partial charge >= 0.3 is 0 Å². The maximum atomic E-state index is 5.96. The van der Waals surface area contributed by atoms with Crippen molar-refractivity contribution in [2.75, 3.05) is 11.6 Å². The zero-order valence-corrected chi connectivity index (χ0v) is 11.5. The van der Waals surface area contributed by atoms with Crippen LogP contribution >= 0.6 is 15.9 Å². The van der Waals surface area contributed by atoms with Gasteiger partial charge in [0.25, 0.3) is 0 Å². The zero-order valence-electron chi connectivity index (χ0n) is 9.87. The van der Waals surface area contributed by atoms with Crippen LogP contribution in [0.15, 0.2) is 22.7 Å². The molecule has 5 heteroatoms. The molecule has 0 bridgehead atoms. The van der Waals surface area contributed by atoms with E-state index in [-0.39, 0.29) is 0 Å². The van der Waals surface area contributed by atoms with Gasteiger partial charge < -0.3 is 11.6 Å². The molecule has 0 atom stereocenters. The lowest BCUT2D eigenvalue weighted by Crippen LogP contribution is -2.14. The molecule has 0 radical (unpaired) electrons. The van der Waals surface area contributed by atoms with Crippen LogP contribution in [0.3, 0.4) is 0 Å². The van der Waals surface area contributed by atoms with Crippen LogP contribution in [0.5, 0.6) is 0 Å². The van der Waals surface area contributed by atoms with Gasteiger partial charge in [-0.3, -0.25) is 0 Å².